The first-order chi connectivity index (χ1) is 13.5. The van der Waals surface area contributed by atoms with Gasteiger partial charge >= 0.3 is 0 Å². The number of aromatic nitrogens is 2. The number of amides is 1. The molecule has 0 bridgehead atoms. The number of nitrogens with zero attached hydrogens (tertiary/aromatic N) is 3. The summed E-state index contributed by atoms with van der Waals surface area (Å²) < 4.78 is 20.5. The van der Waals surface area contributed by atoms with E-state index in [1.807, 2.05) is 6.07 Å². The summed E-state index contributed by atoms with van der Waals surface area (Å²) in [5.74, 6) is -0.194. The topological polar surface area (TPSA) is 89.5 Å². The molecule has 28 heavy (non-hydrogen) atoms. The minimum atomic E-state index is -0.727. The van der Waals surface area contributed by atoms with Crippen LogP contribution in [-0.4, -0.2) is 27.8 Å². The Kier molecular flexibility index (Phi) is 4.77. The normalized spacial score (nSPS) is 17.0. The zero-order valence-electron chi connectivity index (χ0n) is 15.3. The van der Waals surface area contributed by atoms with Crippen molar-refractivity contribution in [2.24, 2.45) is 5.10 Å². The van der Waals surface area contributed by atoms with Crippen molar-refractivity contribution in [3.63, 3.8) is 0 Å². The summed E-state index contributed by atoms with van der Waals surface area (Å²) in [6, 6.07) is 3.64. The van der Waals surface area contributed by atoms with Crippen molar-refractivity contribution in [3.8, 4) is 0 Å². The van der Waals surface area contributed by atoms with Gasteiger partial charge in [-0.3, -0.25) is 9.59 Å². The lowest BCUT2D eigenvalue weighted by Crippen LogP contribution is -2.29. The molecule has 144 valence electrons. The van der Waals surface area contributed by atoms with Crippen LogP contribution in [-0.2, 0) is 17.6 Å². The summed E-state index contributed by atoms with van der Waals surface area (Å²) in [5, 5.41) is 7.02. The number of rotatable bonds is 6. The smallest absolute Gasteiger partial charge is 0.277 e. The van der Waals surface area contributed by atoms with Crippen LogP contribution >= 0.6 is 0 Å². The van der Waals surface area contributed by atoms with Crippen molar-refractivity contribution in [1.82, 2.24) is 15.0 Å². The van der Waals surface area contributed by atoms with Crippen LogP contribution in [0.4, 0.5) is 4.39 Å². The zero-order valence-corrected chi connectivity index (χ0v) is 15.3. The van der Waals surface area contributed by atoms with Gasteiger partial charge in [0.2, 0.25) is 5.91 Å². The summed E-state index contributed by atoms with van der Waals surface area (Å²) in [7, 11) is 0. The molecule has 0 spiro atoms. The van der Waals surface area contributed by atoms with Crippen molar-refractivity contribution >= 4 is 11.6 Å². The first-order valence-corrected chi connectivity index (χ1v) is 9.08. The van der Waals surface area contributed by atoms with Gasteiger partial charge in [0, 0.05) is 30.6 Å². The Hall–Kier alpha value is -3.29. The predicted molar refractivity (Wildman–Crippen MR) is 101 cm³/mol. The summed E-state index contributed by atoms with van der Waals surface area (Å²) in [5.41, 5.74) is 1.02. The maximum Gasteiger partial charge on any atom is 0.277 e. The predicted octanol–water partition coefficient (Wildman–Crippen LogP) is 2.16. The molecule has 7 nitrogen and oxygen atoms in total. The average molecular weight is 382 g/mol. The third-order valence-electron chi connectivity index (χ3n) is 4.83. The van der Waals surface area contributed by atoms with E-state index in [0.29, 0.717) is 29.9 Å². The van der Waals surface area contributed by atoms with Gasteiger partial charge in [-0.25, -0.2) is 9.37 Å². The van der Waals surface area contributed by atoms with E-state index in [0.717, 1.165) is 10.4 Å². The third-order valence-corrected chi connectivity index (χ3v) is 4.83. The van der Waals surface area contributed by atoms with E-state index in [4.69, 9.17) is 4.42 Å². The van der Waals surface area contributed by atoms with Crippen LogP contribution in [0.1, 0.15) is 35.2 Å². The van der Waals surface area contributed by atoms with Crippen molar-refractivity contribution < 1.29 is 13.6 Å². The molecule has 4 rings (SSSR count). The van der Waals surface area contributed by atoms with Crippen LogP contribution in [0, 0.1) is 6.92 Å². The van der Waals surface area contributed by atoms with Gasteiger partial charge in [-0.05, 0) is 37.6 Å². The molecular formula is C20H19FN4O3. The van der Waals surface area contributed by atoms with Crippen LogP contribution in [0.3, 0.4) is 0 Å². The van der Waals surface area contributed by atoms with Crippen molar-refractivity contribution in [1.29, 1.82) is 0 Å². The number of hydrogen-bond donors (Lipinski definition) is 1. The van der Waals surface area contributed by atoms with Gasteiger partial charge in [0.05, 0.1) is 12.0 Å². The van der Waals surface area contributed by atoms with E-state index in [1.165, 1.54) is 6.08 Å². The lowest BCUT2D eigenvalue weighted by Gasteiger charge is -2.13. The second kappa shape index (κ2) is 7.38. The summed E-state index contributed by atoms with van der Waals surface area (Å²) >= 11 is 0. The number of hydrogen-bond acceptors (Lipinski definition) is 5. The fraction of sp³-hybridized carbons (Fsp3) is 0.300. The molecular weight excluding hydrogens is 363 g/mol. The fourth-order valence-corrected chi connectivity index (χ4v) is 3.39. The summed E-state index contributed by atoms with van der Waals surface area (Å²) in [6.45, 7) is 2.16. The van der Waals surface area contributed by atoms with E-state index in [-0.39, 0.29) is 36.0 Å². The van der Waals surface area contributed by atoms with Crippen LogP contribution in [0.5, 0.6) is 0 Å². The maximum atomic E-state index is 14.2. The monoisotopic (exact) mass is 382 g/mol. The molecule has 0 saturated heterocycles. The largest absolute Gasteiger partial charge is 0.469 e. The first-order valence-electron chi connectivity index (χ1n) is 9.08. The number of furan rings is 1. The molecule has 2 aromatic rings. The molecule has 3 heterocycles. The molecule has 1 aliphatic heterocycles. The highest BCUT2D eigenvalue weighted by molar-refractivity contribution is 6.04. The number of carbonyl (C=O) groups excluding carboxylic acids is 1. The molecule has 1 unspecified atom stereocenters. The summed E-state index contributed by atoms with van der Waals surface area (Å²) in [4.78, 5) is 29.3. The number of aryl methyl sites for hydroxylation is 1. The van der Waals surface area contributed by atoms with E-state index >= 15 is 0 Å². The van der Waals surface area contributed by atoms with Crippen LogP contribution in [0.2, 0.25) is 0 Å². The van der Waals surface area contributed by atoms with Gasteiger partial charge in [-0.2, -0.15) is 9.78 Å². The molecule has 1 amide bonds. The number of halogens is 1. The highest BCUT2D eigenvalue weighted by Crippen LogP contribution is 2.33. The second-order valence-electron chi connectivity index (χ2n) is 6.70. The summed E-state index contributed by atoms with van der Waals surface area (Å²) in [6.07, 6.45) is 7.17. The number of fused-ring (bicyclic) bond motifs is 3. The quantitative estimate of drug-likeness (QED) is 0.829. The van der Waals surface area contributed by atoms with E-state index in [2.05, 4.69) is 15.4 Å². The standard InChI is InChI=1S/C20H19FN4O3/c1-12-14(7-8-17(26)22-10-9-13-4-3-11-28-13)20(27)25-19(23-12)18-15(21)5-2-6-16(18)24-25/h2-6,11,18H,7-10H2,1H3,(H,22,26). The highest BCUT2D eigenvalue weighted by Gasteiger charge is 2.34. The highest BCUT2D eigenvalue weighted by atomic mass is 19.1. The van der Waals surface area contributed by atoms with Crippen LogP contribution in [0.25, 0.3) is 0 Å². The Balaban J connectivity index is 1.44. The van der Waals surface area contributed by atoms with Gasteiger partial charge < -0.3 is 9.73 Å². The lowest BCUT2D eigenvalue weighted by atomic mass is 9.97. The Morgan fingerprint density at radius 2 is 2.25 bits per heavy atom. The fourth-order valence-electron chi connectivity index (χ4n) is 3.39. The maximum absolute atomic E-state index is 14.2. The van der Waals surface area contributed by atoms with E-state index in [9.17, 15) is 14.0 Å². The van der Waals surface area contributed by atoms with Gasteiger partial charge in [0.15, 0.2) is 0 Å². The zero-order chi connectivity index (χ0) is 19.7. The molecule has 1 atom stereocenters. The average Bonchev–Trinajstić information content (AvgIpc) is 3.30. The number of allylic oxidation sites excluding steroid dienone is 4. The van der Waals surface area contributed by atoms with Crippen molar-refractivity contribution in [2.45, 2.75) is 32.1 Å². The van der Waals surface area contributed by atoms with Gasteiger partial charge in [0.25, 0.3) is 5.56 Å². The molecule has 0 fully saturated rings. The molecule has 2 aromatic heterocycles. The van der Waals surface area contributed by atoms with Crippen molar-refractivity contribution in [2.75, 3.05) is 6.54 Å². The molecule has 8 heteroatoms. The second-order valence-corrected chi connectivity index (χ2v) is 6.70. The Morgan fingerprint density at radius 3 is 3.04 bits per heavy atom. The lowest BCUT2D eigenvalue weighted by molar-refractivity contribution is -0.121. The first kappa shape index (κ1) is 18.1. The molecule has 0 radical (unpaired) electrons. The molecule has 0 aromatic carbocycles. The molecule has 1 N–H and O–H groups in total. The van der Waals surface area contributed by atoms with Gasteiger partial charge in [-0.15, -0.1) is 0 Å². The third kappa shape index (κ3) is 3.33. The minimum Gasteiger partial charge on any atom is -0.469 e. The Morgan fingerprint density at radius 1 is 1.39 bits per heavy atom. The van der Waals surface area contributed by atoms with Gasteiger partial charge in [0.1, 0.15) is 23.3 Å². The molecule has 1 aliphatic carbocycles. The number of nitrogens with one attached hydrogen (secondary N) is 1. The number of carbonyl (C=O) groups is 1. The van der Waals surface area contributed by atoms with E-state index in [1.54, 1.807) is 31.4 Å². The molecule has 2 aliphatic rings. The van der Waals surface area contributed by atoms with Crippen LogP contribution < -0.4 is 10.9 Å². The SMILES string of the molecule is Cc1nc2n(c(=O)c1CCC(=O)NCCc1ccco1)N=C1C=CC=C(F)C12. The Bertz CT molecular complexity index is 1060. The Labute approximate surface area is 160 Å². The van der Waals surface area contributed by atoms with Gasteiger partial charge in [-0.1, -0.05) is 6.08 Å². The molecule has 0 saturated carbocycles. The van der Waals surface area contributed by atoms with Crippen LogP contribution in [0.15, 0.2) is 56.8 Å². The van der Waals surface area contributed by atoms with Crippen molar-refractivity contribution in [3.05, 3.63) is 75.6 Å². The van der Waals surface area contributed by atoms with E-state index < -0.39 is 5.92 Å². The minimum absolute atomic E-state index is 0.156.